The van der Waals surface area contributed by atoms with Gasteiger partial charge in [0.25, 0.3) is 0 Å². The van der Waals surface area contributed by atoms with Crippen molar-refractivity contribution in [2.75, 3.05) is 46.4 Å². The van der Waals surface area contributed by atoms with E-state index in [9.17, 15) is 8.42 Å². The van der Waals surface area contributed by atoms with E-state index in [4.69, 9.17) is 9.73 Å². The summed E-state index contributed by atoms with van der Waals surface area (Å²) in [5, 5.41) is 3.31. The number of benzene rings is 1. The molecule has 1 saturated heterocycles. The van der Waals surface area contributed by atoms with Gasteiger partial charge in [0.1, 0.15) is 0 Å². The Labute approximate surface area is 181 Å². The molecule has 3 rings (SSSR count). The molecule has 0 bridgehead atoms. The van der Waals surface area contributed by atoms with Crippen LogP contribution in [0.4, 0.5) is 0 Å². The van der Waals surface area contributed by atoms with Gasteiger partial charge in [-0.25, -0.2) is 13.4 Å². The van der Waals surface area contributed by atoms with Gasteiger partial charge in [-0.15, -0.1) is 0 Å². The first kappa shape index (κ1) is 23.0. The number of nitrogens with zero attached hydrogens (tertiary/aromatic N) is 3. The van der Waals surface area contributed by atoms with E-state index in [0.29, 0.717) is 31.1 Å². The van der Waals surface area contributed by atoms with Crippen LogP contribution in [0.3, 0.4) is 0 Å². The van der Waals surface area contributed by atoms with Crippen molar-refractivity contribution < 1.29 is 13.2 Å². The smallest absolute Gasteiger partial charge is 0.243 e. The number of piperidine rings is 1. The van der Waals surface area contributed by atoms with Gasteiger partial charge in [-0.1, -0.05) is 18.6 Å². The zero-order valence-electron chi connectivity index (χ0n) is 18.3. The molecule has 1 aliphatic heterocycles. The van der Waals surface area contributed by atoms with Crippen LogP contribution in [0.25, 0.3) is 0 Å². The second-order valence-electron chi connectivity index (χ2n) is 8.22. The fraction of sp³-hybridized carbons (Fsp3) is 0.682. The van der Waals surface area contributed by atoms with Crippen LogP contribution in [-0.4, -0.2) is 70.0 Å². The summed E-state index contributed by atoms with van der Waals surface area (Å²) in [6.45, 7) is 6.78. The second kappa shape index (κ2) is 11.1. The van der Waals surface area contributed by atoms with E-state index in [1.54, 1.807) is 16.4 Å². The highest BCUT2D eigenvalue weighted by atomic mass is 32.2. The summed E-state index contributed by atoms with van der Waals surface area (Å²) in [6, 6.07) is 7.19. The van der Waals surface area contributed by atoms with Crippen LogP contribution >= 0.6 is 0 Å². The minimum Gasteiger partial charge on any atom is -0.379 e. The summed E-state index contributed by atoms with van der Waals surface area (Å²) in [5.74, 6) is 1.57. The monoisotopic (exact) mass is 436 g/mol. The van der Waals surface area contributed by atoms with Crippen molar-refractivity contribution in [3.05, 3.63) is 29.8 Å². The third-order valence-electron chi connectivity index (χ3n) is 5.58. The van der Waals surface area contributed by atoms with Crippen molar-refractivity contribution in [2.45, 2.75) is 50.5 Å². The maximum atomic E-state index is 12.9. The van der Waals surface area contributed by atoms with E-state index in [-0.39, 0.29) is 0 Å². The summed E-state index contributed by atoms with van der Waals surface area (Å²) in [6.07, 6.45) is 5.57. The van der Waals surface area contributed by atoms with Gasteiger partial charge in [-0.2, -0.15) is 4.31 Å². The van der Waals surface area contributed by atoms with Gasteiger partial charge in [-0.05, 0) is 56.2 Å². The lowest BCUT2D eigenvalue weighted by Crippen LogP contribution is -2.40. The first-order valence-electron chi connectivity index (χ1n) is 11.2. The molecule has 1 heterocycles. The Kier molecular flexibility index (Phi) is 8.53. The zero-order chi connectivity index (χ0) is 21.4. The molecular weight excluding hydrogens is 400 g/mol. The molecule has 2 fully saturated rings. The molecule has 1 N–H and O–H groups in total. The number of nitrogens with one attached hydrogen (secondary N) is 1. The molecule has 0 atom stereocenters. The van der Waals surface area contributed by atoms with Gasteiger partial charge in [0, 0.05) is 39.8 Å². The number of aliphatic imine (C=N–C) groups is 1. The Balaban J connectivity index is 1.61. The fourth-order valence-electron chi connectivity index (χ4n) is 3.54. The highest BCUT2D eigenvalue weighted by molar-refractivity contribution is 7.89. The normalized spacial score (nSPS) is 18.4. The maximum absolute atomic E-state index is 12.9. The number of guanidine groups is 1. The van der Waals surface area contributed by atoms with Crippen molar-refractivity contribution in [3.63, 3.8) is 0 Å². The molecule has 0 aromatic heterocycles. The number of likely N-dealkylation sites (N-methyl/N-ethyl adjacent to an activating group) is 1. The summed E-state index contributed by atoms with van der Waals surface area (Å²) >= 11 is 0. The van der Waals surface area contributed by atoms with Crippen LogP contribution in [0.2, 0.25) is 0 Å². The molecular formula is C22H36N4O3S. The second-order valence-corrected chi connectivity index (χ2v) is 10.2. The minimum absolute atomic E-state index is 0.365. The van der Waals surface area contributed by atoms with Gasteiger partial charge in [0.05, 0.1) is 18.0 Å². The quantitative estimate of drug-likeness (QED) is 0.347. The molecule has 1 aromatic rings. The van der Waals surface area contributed by atoms with Crippen molar-refractivity contribution in [1.82, 2.24) is 14.5 Å². The molecule has 0 unspecified atom stereocenters. The first-order chi connectivity index (χ1) is 14.5. The van der Waals surface area contributed by atoms with E-state index in [1.807, 2.05) is 26.1 Å². The minimum atomic E-state index is -3.42. The molecule has 1 aliphatic carbocycles. The van der Waals surface area contributed by atoms with Gasteiger partial charge in [-0.3, -0.25) is 0 Å². The lowest BCUT2D eigenvalue weighted by atomic mass is 10.2. The number of sulfonamides is 1. The average Bonchev–Trinajstić information content (AvgIpc) is 3.59. The van der Waals surface area contributed by atoms with E-state index in [0.717, 1.165) is 56.4 Å². The summed E-state index contributed by atoms with van der Waals surface area (Å²) in [5.41, 5.74) is 0.891. The molecule has 1 aromatic carbocycles. The molecule has 2 aliphatic rings. The molecule has 168 valence electrons. The van der Waals surface area contributed by atoms with Crippen LogP contribution in [0.5, 0.6) is 0 Å². The maximum Gasteiger partial charge on any atom is 0.243 e. The predicted molar refractivity (Wildman–Crippen MR) is 120 cm³/mol. The van der Waals surface area contributed by atoms with Gasteiger partial charge >= 0.3 is 0 Å². The number of hydrogen-bond acceptors (Lipinski definition) is 4. The van der Waals surface area contributed by atoms with E-state index >= 15 is 0 Å². The van der Waals surface area contributed by atoms with E-state index in [2.05, 4.69) is 10.2 Å². The SMILES string of the molecule is CCNC(=NCc1cccc(S(=O)(=O)N2CCCCC2)c1)N(C)CCOCC1CC1. The summed E-state index contributed by atoms with van der Waals surface area (Å²) < 4.78 is 33.2. The van der Waals surface area contributed by atoms with Crippen molar-refractivity contribution in [2.24, 2.45) is 10.9 Å². The third-order valence-corrected chi connectivity index (χ3v) is 7.48. The molecule has 7 nitrogen and oxygen atoms in total. The average molecular weight is 437 g/mol. The van der Waals surface area contributed by atoms with Crippen LogP contribution in [0.1, 0.15) is 44.6 Å². The van der Waals surface area contributed by atoms with Gasteiger partial charge < -0.3 is 15.0 Å². The molecule has 0 radical (unpaired) electrons. The summed E-state index contributed by atoms with van der Waals surface area (Å²) in [4.78, 5) is 7.14. The highest BCUT2D eigenvalue weighted by Crippen LogP contribution is 2.28. The highest BCUT2D eigenvalue weighted by Gasteiger charge is 2.26. The Morgan fingerprint density at radius 3 is 2.73 bits per heavy atom. The van der Waals surface area contributed by atoms with Crippen LogP contribution < -0.4 is 5.32 Å². The van der Waals surface area contributed by atoms with Crippen LogP contribution in [0, 0.1) is 5.92 Å². The standard InChI is InChI=1S/C22H36N4O3S/c1-3-23-22(25(2)14-15-29-18-19-10-11-19)24-17-20-8-7-9-21(16-20)30(27,28)26-12-5-4-6-13-26/h7-9,16,19H,3-6,10-15,17-18H2,1-2H3,(H,23,24). The van der Waals surface area contributed by atoms with E-state index in [1.165, 1.54) is 12.8 Å². The lowest BCUT2D eigenvalue weighted by molar-refractivity contribution is 0.115. The van der Waals surface area contributed by atoms with Crippen molar-refractivity contribution in [3.8, 4) is 0 Å². The van der Waals surface area contributed by atoms with Crippen molar-refractivity contribution >= 4 is 16.0 Å². The van der Waals surface area contributed by atoms with Crippen LogP contribution in [0.15, 0.2) is 34.2 Å². The van der Waals surface area contributed by atoms with Gasteiger partial charge in [0.15, 0.2) is 5.96 Å². The Morgan fingerprint density at radius 1 is 1.27 bits per heavy atom. The summed E-state index contributed by atoms with van der Waals surface area (Å²) in [7, 11) is -1.43. The first-order valence-corrected chi connectivity index (χ1v) is 12.6. The largest absolute Gasteiger partial charge is 0.379 e. The molecule has 8 heteroatoms. The predicted octanol–water partition coefficient (Wildman–Crippen LogP) is 2.69. The van der Waals surface area contributed by atoms with Gasteiger partial charge in [0.2, 0.25) is 10.0 Å². The van der Waals surface area contributed by atoms with E-state index < -0.39 is 10.0 Å². The topological polar surface area (TPSA) is 74.2 Å². The number of ether oxygens (including phenoxy) is 1. The van der Waals surface area contributed by atoms with Crippen molar-refractivity contribution in [1.29, 1.82) is 0 Å². The Morgan fingerprint density at radius 2 is 2.03 bits per heavy atom. The Bertz CT molecular complexity index is 802. The number of rotatable bonds is 10. The molecule has 30 heavy (non-hydrogen) atoms. The lowest BCUT2D eigenvalue weighted by Gasteiger charge is -2.26. The van der Waals surface area contributed by atoms with Crippen LogP contribution in [-0.2, 0) is 21.3 Å². The molecule has 0 spiro atoms. The Hall–Kier alpha value is -1.64. The molecule has 0 amide bonds. The third kappa shape index (κ3) is 6.68. The zero-order valence-corrected chi connectivity index (χ0v) is 19.2. The molecule has 1 saturated carbocycles. The fourth-order valence-corrected chi connectivity index (χ4v) is 5.12. The number of hydrogen-bond donors (Lipinski definition) is 1.